The van der Waals surface area contributed by atoms with E-state index in [1.807, 2.05) is 27.7 Å². The van der Waals surface area contributed by atoms with Gasteiger partial charge < -0.3 is 14.9 Å². The fraction of sp³-hybridized carbons (Fsp3) is 0.391. The molecule has 0 aliphatic heterocycles. The minimum atomic E-state index is -0.873. The second-order valence-electron chi connectivity index (χ2n) is 7.26. The Labute approximate surface area is 167 Å². The maximum Gasteiger partial charge on any atom is 0.385 e. The number of carbonyl (C=O) groups excluding carboxylic acids is 2. The van der Waals surface area contributed by atoms with Crippen LogP contribution in [0.4, 0.5) is 0 Å². The topological polar surface area (TPSA) is 83.8 Å². The number of esters is 1. The Morgan fingerprint density at radius 1 is 0.786 bits per heavy atom. The van der Waals surface area contributed by atoms with Gasteiger partial charge in [-0.25, -0.2) is 4.79 Å². The minimum absolute atomic E-state index is 0.239. The van der Waals surface area contributed by atoms with E-state index in [0.29, 0.717) is 17.7 Å². The van der Waals surface area contributed by atoms with Crippen LogP contribution in [0.2, 0.25) is 0 Å². The fourth-order valence-corrected chi connectivity index (χ4v) is 2.14. The van der Waals surface area contributed by atoms with Crippen LogP contribution in [0.25, 0.3) is 0 Å². The summed E-state index contributed by atoms with van der Waals surface area (Å²) in [7, 11) is 0. The highest BCUT2D eigenvalue weighted by Gasteiger charge is 2.18. The van der Waals surface area contributed by atoms with Gasteiger partial charge in [-0.3, -0.25) is 4.79 Å². The van der Waals surface area contributed by atoms with Gasteiger partial charge in [-0.2, -0.15) is 0 Å². The second kappa shape index (κ2) is 12.1. The standard InChI is InChI=1S/C14H10O3.C9H20O2/c15-13(11-7-3-1-4-8-11)14(16)17-12-9-5-2-6-10-12;1-6(2)8(10)5-9(11)7(3)4/h1-10H;6-11H,5H2,1-4H3. The number of rotatable bonds is 7. The maximum absolute atomic E-state index is 11.7. The number of aliphatic hydroxyl groups excluding tert-OH is 2. The van der Waals surface area contributed by atoms with E-state index in [-0.39, 0.29) is 24.0 Å². The first-order chi connectivity index (χ1) is 13.2. The van der Waals surface area contributed by atoms with Gasteiger partial charge >= 0.3 is 5.97 Å². The minimum Gasteiger partial charge on any atom is -0.421 e. The molecule has 2 N–H and O–H groups in total. The van der Waals surface area contributed by atoms with Crippen LogP contribution in [-0.4, -0.2) is 34.2 Å². The van der Waals surface area contributed by atoms with E-state index in [4.69, 9.17) is 4.74 Å². The number of para-hydroxylation sites is 1. The number of Topliss-reactive ketones (excluding diaryl/α,β-unsaturated/α-hetero) is 1. The molecule has 0 amide bonds. The molecule has 2 rings (SSSR count). The fourth-order valence-electron chi connectivity index (χ4n) is 2.14. The number of aliphatic hydroxyl groups is 2. The van der Waals surface area contributed by atoms with Crippen molar-refractivity contribution in [2.45, 2.75) is 46.3 Å². The highest BCUT2D eigenvalue weighted by Crippen LogP contribution is 2.13. The summed E-state index contributed by atoms with van der Waals surface area (Å²) in [5.41, 5.74) is 0.327. The van der Waals surface area contributed by atoms with E-state index >= 15 is 0 Å². The Bertz CT molecular complexity index is 698. The second-order valence-corrected chi connectivity index (χ2v) is 7.26. The smallest absolute Gasteiger partial charge is 0.385 e. The lowest BCUT2D eigenvalue weighted by Gasteiger charge is -2.20. The van der Waals surface area contributed by atoms with Crippen molar-refractivity contribution in [2.75, 3.05) is 0 Å². The Kier molecular flexibility index (Phi) is 10.1. The number of hydrogen-bond acceptors (Lipinski definition) is 5. The molecule has 5 heteroatoms. The van der Waals surface area contributed by atoms with E-state index in [9.17, 15) is 19.8 Å². The Hall–Kier alpha value is -2.50. The van der Waals surface area contributed by atoms with E-state index < -0.39 is 11.8 Å². The van der Waals surface area contributed by atoms with Gasteiger partial charge in [0.25, 0.3) is 5.78 Å². The molecule has 0 radical (unpaired) electrons. The van der Waals surface area contributed by atoms with E-state index in [0.717, 1.165) is 0 Å². The zero-order chi connectivity index (χ0) is 21.1. The van der Waals surface area contributed by atoms with Gasteiger partial charge in [0.05, 0.1) is 12.2 Å². The van der Waals surface area contributed by atoms with Crippen LogP contribution in [0, 0.1) is 11.8 Å². The first kappa shape index (κ1) is 23.5. The largest absolute Gasteiger partial charge is 0.421 e. The molecule has 0 fully saturated rings. The Morgan fingerprint density at radius 3 is 1.64 bits per heavy atom. The molecule has 152 valence electrons. The lowest BCUT2D eigenvalue weighted by molar-refractivity contribution is -0.129. The normalized spacial score (nSPS) is 12.7. The molecular formula is C23H30O5. The van der Waals surface area contributed by atoms with Crippen molar-refractivity contribution in [3.05, 3.63) is 66.2 Å². The monoisotopic (exact) mass is 386 g/mol. The molecule has 28 heavy (non-hydrogen) atoms. The third-order valence-electron chi connectivity index (χ3n) is 4.20. The summed E-state index contributed by atoms with van der Waals surface area (Å²) in [6.07, 6.45) is -0.241. The zero-order valence-electron chi connectivity index (χ0n) is 16.9. The summed E-state index contributed by atoms with van der Waals surface area (Å²) in [6.45, 7) is 7.82. The van der Waals surface area contributed by atoms with Crippen molar-refractivity contribution in [3.8, 4) is 5.75 Å². The predicted octanol–water partition coefficient (Wildman–Crippen LogP) is 3.89. The van der Waals surface area contributed by atoms with E-state index in [2.05, 4.69) is 0 Å². The summed E-state index contributed by atoms with van der Waals surface area (Å²) in [6, 6.07) is 16.8. The third kappa shape index (κ3) is 8.46. The number of hydrogen-bond donors (Lipinski definition) is 2. The molecule has 0 aromatic heterocycles. The molecule has 2 aromatic rings. The van der Waals surface area contributed by atoms with Crippen LogP contribution < -0.4 is 4.74 Å². The Morgan fingerprint density at radius 2 is 1.21 bits per heavy atom. The molecule has 0 heterocycles. The van der Waals surface area contributed by atoms with Crippen molar-refractivity contribution in [3.63, 3.8) is 0 Å². The lowest BCUT2D eigenvalue weighted by atomic mass is 9.95. The number of ketones is 1. The van der Waals surface area contributed by atoms with E-state index in [1.54, 1.807) is 60.7 Å². The molecule has 0 spiro atoms. The first-order valence-corrected chi connectivity index (χ1v) is 9.45. The number of carbonyl (C=O) groups is 2. The lowest BCUT2D eigenvalue weighted by Crippen LogP contribution is -2.25. The van der Waals surface area contributed by atoms with Crippen LogP contribution in [0.5, 0.6) is 5.75 Å². The summed E-state index contributed by atoms with van der Waals surface area (Å²) in [4.78, 5) is 23.2. The van der Waals surface area contributed by atoms with Crippen LogP contribution >= 0.6 is 0 Å². The van der Waals surface area contributed by atoms with Gasteiger partial charge in [0, 0.05) is 5.56 Å². The molecule has 0 saturated carbocycles. The molecule has 0 saturated heterocycles. The van der Waals surface area contributed by atoms with Crippen molar-refractivity contribution >= 4 is 11.8 Å². The van der Waals surface area contributed by atoms with Crippen LogP contribution in [0.15, 0.2) is 60.7 Å². The van der Waals surface area contributed by atoms with E-state index in [1.165, 1.54) is 0 Å². The van der Waals surface area contributed by atoms with Crippen LogP contribution in [0.3, 0.4) is 0 Å². The highest BCUT2D eigenvalue weighted by atomic mass is 16.5. The Balaban J connectivity index is 0.000000311. The molecule has 2 unspecified atom stereocenters. The van der Waals surface area contributed by atoms with Gasteiger partial charge in [0.1, 0.15) is 5.75 Å². The molecule has 0 aliphatic carbocycles. The van der Waals surface area contributed by atoms with Gasteiger partial charge in [0.2, 0.25) is 0 Å². The summed E-state index contributed by atoms with van der Waals surface area (Å²) < 4.78 is 4.94. The molecule has 5 nitrogen and oxygen atoms in total. The van der Waals surface area contributed by atoms with Gasteiger partial charge in [-0.05, 0) is 30.4 Å². The SMILES string of the molecule is CC(C)C(O)CC(O)C(C)C.O=C(Oc1ccccc1)C(=O)c1ccccc1. The molecule has 2 atom stereocenters. The van der Waals surface area contributed by atoms with Gasteiger partial charge in [0.15, 0.2) is 0 Å². The summed E-state index contributed by atoms with van der Waals surface area (Å²) in [5, 5.41) is 18.8. The van der Waals surface area contributed by atoms with Crippen molar-refractivity contribution < 1.29 is 24.5 Å². The first-order valence-electron chi connectivity index (χ1n) is 9.45. The van der Waals surface area contributed by atoms with Crippen molar-refractivity contribution in [2.24, 2.45) is 11.8 Å². The third-order valence-corrected chi connectivity index (χ3v) is 4.20. The van der Waals surface area contributed by atoms with Gasteiger partial charge in [-0.1, -0.05) is 76.2 Å². The van der Waals surface area contributed by atoms with Crippen LogP contribution in [0.1, 0.15) is 44.5 Å². The summed E-state index contributed by atoms with van der Waals surface area (Å²) >= 11 is 0. The molecule has 0 bridgehead atoms. The number of benzene rings is 2. The molecule has 0 aliphatic rings. The quantitative estimate of drug-likeness (QED) is 0.326. The van der Waals surface area contributed by atoms with Crippen molar-refractivity contribution in [1.82, 2.24) is 0 Å². The highest BCUT2D eigenvalue weighted by molar-refractivity contribution is 6.41. The zero-order valence-corrected chi connectivity index (χ0v) is 16.9. The van der Waals surface area contributed by atoms with Gasteiger partial charge in [-0.15, -0.1) is 0 Å². The van der Waals surface area contributed by atoms with Crippen molar-refractivity contribution in [1.29, 1.82) is 0 Å². The maximum atomic E-state index is 11.7. The molecular weight excluding hydrogens is 356 g/mol. The average Bonchev–Trinajstić information content (AvgIpc) is 2.69. The molecule has 2 aromatic carbocycles. The average molecular weight is 386 g/mol. The van der Waals surface area contributed by atoms with Crippen LogP contribution in [-0.2, 0) is 4.79 Å². The summed E-state index contributed by atoms with van der Waals surface area (Å²) in [5.74, 6) is -0.676. The number of ether oxygens (including phenoxy) is 1. The predicted molar refractivity (Wildman–Crippen MR) is 109 cm³/mol.